The van der Waals surface area contributed by atoms with Crippen molar-refractivity contribution in [1.82, 2.24) is 20.1 Å². The second-order valence-electron chi connectivity index (χ2n) is 7.27. The van der Waals surface area contributed by atoms with Crippen molar-refractivity contribution in [3.63, 3.8) is 0 Å². The van der Waals surface area contributed by atoms with E-state index in [0.29, 0.717) is 12.1 Å². The lowest BCUT2D eigenvalue weighted by Gasteiger charge is -2.36. The van der Waals surface area contributed by atoms with Crippen LogP contribution in [-0.4, -0.2) is 62.1 Å². The second kappa shape index (κ2) is 8.59. The van der Waals surface area contributed by atoms with Crippen molar-refractivity contribution in [2.75, 3.05) is 37.3 Å². The molecule has 1 fully saturated rings. The fraction of sp³-hybridized carbons (Fsp3) is 0.474. The Morgan fingerprint density at radius 1 is 1.14 bits per heavy atom. The van der Waals surface area contributed by atoms with E-state index < -0.39 is 10.2 Å². The minimum atomic E-state index is -3.11. The molecule has 0 aliphatic carbocycles. The first-order chi connectivity index (χ1) is 13.2. The van der Waals surface area contributed by atoms with Crippen LogP contribution in [-0.2, 0) is 26.6 Å². The molecule has 1 unspecified atom stereocenters. The van der Waals surface area contributed by atoms with Crippen molar-refractivity contribution in [2.24, 2.45) is 0 Å². The Morgan fingerprint density at radius 2 is 1.86 bits per heavy atom. The van der Waals surface area contributed by atoms with Gasteiger partial charge in [0, 0.05) is 44.0 Å². The molecule has 0 spiro atoms. The third-order valence-corrected chi connectivity index (χ3v) is 5.78. The van der Waals surface area contributed by atoms with Gasteiger partial charge in [-0.2, -0.15) is 0 Å². The molecule has 0 amide bonds. The van der Waals surface area contributed by atoms with Crippen LogP contribution in [0.4, 0.5) is 5.82 Å². The number of aryl methyl sites for hydroxylation is 2. The van der Waals surface area contributed by atoms with E-state index in [1.165, 1.54) is 11.8 Å². The van der Waals surface area contributed by atoms with Crippen LogP contribution in [0.1, 0.15) is 22.6 Å². The zero-order valence-electron chi connectivity index (χ0n) is 16.4. The molecule has 1 aliphatic heterocycles. The summed E-state index contributed by atoms with van der Waals surface area (Å²) in [6.45, 7) is 7.29. The maximum Gasteiger partial charge on any atom is 0.152 e. The van der Waals surface area contributed by atoms with E-state index in [2.05, 4.69) is 44.0 Å². The highest BCUT2D eigenvalue weighted by Gasteiger charge is 2.21. The first-order valence-corrected chi connectivity index (χ1v) is 11.6. The van der Waals surface area contributed by atoms with E-state index >= 15 is 0 Å². The SMILES string of the molecule is Cc1cc(C)nc(CC(=S)N2CCN(c3ccc(C[S+](C)(=O)[O-])nn3)CC2)c1. The molecule has 2 aromatic heterocycles. The number of hydrogen-bond donors (Lipinski definition) is 0. The number of piperazine rings is 1. The summed E-state index contributed by atoms with van der Waals surface area (Å²) in [6, 6.07) is 7.71. The maximum absolute atomic E-state index is 11.4. The van der Waals surface area contributed by atoms with Crippen molar-refractivity contribution in [3.8, 4) is 0 Å². The molecule has 3 rings (SSSR count). The van der Waals surface area contributed by atoms with Gasteiger partial charge in [-0.25, -0.2) is 0 Å². The van der Waals surface area contributed by atoms with E-state index in [4.69, 9.17) is 12.2 Å². The number of pyridine rings is 1. The van der Waals surface area contributed by atoms with Gasteiger partial charge in [0.1, 0.15) is 5.69 Å². The lowest BCUT2D eigenvalue weighted by Crippen LogP contribution is -2.49. The number of aromatic nitrogens is 3. The van der Waals surface area contributed by atoms with Crippen LogP contribution in [0.5, 0.6) is 0 Å². The summed E-state index contributed by atoms with van der Waals surface area (Å²) in [6.07, 6.45) is 1.87. The molecule has 9 heteroatoms. The topological polar surface area (TPSA) is 85.3 Å². The molecule has 28 heavy (non-hydrogen) atoms. The molecule has 0 radical (unpaired) electrons. The molecule has 150 valence electrons. The molecule has 7 nitrogen and oxygen atoms in total. The Morgan fingerprint density at radius 3 is 2.43 bits per heavy atom. The number of nitrogens with zero attached hydrogens (tertiary/aromatic N) is 5. The van der Waals surface area contributed by atoms with Crippen LogP contribution in [0.25, 0.3) is 0 Å². The number of anilines is 1. The van der Waals surface area contributed by atoms with Crippen LogP contribution in [0.15, 0.2) is 24.3 Å². The standard InChI is InChI=1S/C19H25N5O2S2/c1-14-10-15(2)20-17(11-14)12-19(27)24-8-6-23(7-9-24)18-5-4-16(21-22-18)13-28(3,25)26/h4-5,10-11H,6-9,12-13H2,1-3H3. The Kier molecular flexibility index (Phi) is 6.36. The summed E-state index contributed by atoms with van der Waals surface area (Å²) in [5.74, 6) is 0.674. The van der Waals surface area contributed by atoms with Gasteiger partial charge in [0.05, 0.1) is 21.5 Å². The summed E-state index contributed by atoms with van der Waals surface area (Å²) in [5.41, 5.74) is 3.69. The van der Waals surface area contributed by atoms with Crippen molar-refractivity contribution in [2.45, 2.75) is 26.0 Å². The lowest BCUT2D eigenvalue weighted by molar-refractivity contribution is 0.385. The summed E-state index contributed by atoms with van der Waals surface area (Å²) in [4.78, 5) is 9.85. The average molecular weight is 420 g/mol. The summed E-state index contributed by atoms with van der Waals surface area (Å²) >= 11 is 5.65. The molecular formula is C19H25N5O2S2. The van der Waals surface area contributed by atoms with Gasteiger partial charge in [0.15, 0.2) is 11.6 Å². The fourth-order valence-corrected chi connectivity index (χ4v) is 4.36. The number of rotatable bonds is 5. The summed E-state index contributed by atoms with van der Waals surface area (Å²) in [7, 11) is -3.11. The fourth-order valence-electron chi connectivity index (χ4n) is 3.33. The predicted octanol–water partition coefficient (Wildman–Crippen LogP) is 1.94. The highest BCUT2D eigenvalue weighted by molar-refractivity contribution is 7.96. The van der Waals surface area contributed by atoms with Crippen LogP contribution < -0.4 is 4.90 Å². The predicted molar refractivity (Wildman–Crippen MR) is 114 cm³/mol. The summed E-state index contributed by atoms with van der Waals surface area (Å²) in [5, 5.41) is 8.24. The van der Waals surface area contributed by atoms with E-state index in [0.717, 1.165) is 48.4 Å². The Labute approximate surface area is 172 Å². The quantitative estimate of drug-likeness (QED) is 0.537. The van der Waals surface area contributed by atoms with Crippen LogP contribution in [0.3, 0.4) is 0 Å². The van der Waals surface area contributed by atoms with Gasteiger partial charge in [-0.05, 0) is 43.7 Å². The third kappa shape index (κ3) is 5.76. The zero-order valence-corrected chi connectivity index (χ0v) is 18.1. The van der Waals surface area contributed by atoms with E-state index in [9.17, 15) is 8.76 Å². The lowest BCUT2D eigenvalue weighted by atomic mass is 10.1. The maximum atomic E-state index is 11.4. The van der Waals surface area contributed by atoms with Crippen LogP contribution in [0.2, 0.25) is 0 Å². The Bertz CT molecular complexity index is 869. The monoisotopic (exact) mass is 419 g/mol. The molecular weight excluding hydrogens is 394 g/mol. The van der Waals surface area contributed by atoms with Gasteiger partial charge in [0.25, 0.3) is 0 Å². The Balaban J connectivity index is 1.55. The highest BCUT2D eigenvalue weighted by Crippen LogP contribution is 2.16. The molecule has 0 bridgehead atoms. The molecule has 1 atom stereocenters. The highest BCUT2D eigenvalue weighted by atomic mass is 32.3. The van der Waals surface area contributed by atoms with Crippen molar-refractivity contribution in [1.29, 1.82) is 0 Å². The third-order valence-electron chi connectivity index (χ3n) is 4.56. The normalized spacial score (nSPS) is 16.7. The molecule has 0 saturated carbocycles. The van der Waals surface area contributed by atoms with Gasteiger partial charge in [0.2, 0.25) is 0 Å². The van der Waals surface area contributed by atoms with Crippen molar-refractivity contribution in [3.05, 3.63) is 46.9 Å². The smallest absolute Gasteiger partial charge is 0.152 e. The van der Waals surface area contributed by atoms with Gasteiger partial charge >= 0.3 is 0 Å². The number of thiocarbonyl (C=S) groups is 1. The number of sulfone groups is 1. The largest absolute Gasteiger partial charge is 0.615 e. The Hall–Kier alpha value is -1.97. The van der Waals surface area contributed by atoms with Gasteiger partial charge in [-0.1, -0.05) is 12.2 Å². The second-order valence-corrected chi connectivity index (χ2v) is 9.89. The van der Waals surface area contributed by atoms with Gasteiger partial charge in [-0.15, -0.1) is 14.4 Å². The van der Waals surface area contributed by atoms with E-state index in [-0.39, 0.29) is 5.75 Å². The molecule has 0 aromatic carbocycles. The minimum Gasteiger partial charge on any atom is -0.615 e. The number of hydrogen-bond acceptors (Lipinski definition) is 7. The van der Waals surface area contributed by atoms with Crippen molar-refractivity contribution >= 4 is 33.2 Å². The molecule has 1 aliphatic rings. The van der Waals surface area contributed by atoms with Crippen LogP contribution in [0, 0.1) is 13.8 Å². The van der Waals surface area contributed by atoms with Gasteiger partial charge in [-0.3, -0.25) is 4.98 Å². The van der Waals surface area contributed by atoms with Crippen molar-refractivity contribution < 1.29 is 8.76 Å². The summed E-state index contributed by atoms with van der Waals surface area (Å²) < 4.78 is 22.7. The zero-order chi connectivity index (χ0) is 20.3. The van der Waals surface area contributed by atoms with Crippen LogP contribution >= 0.6 is 12.2 Å². The minimum absolute atomic E-state index is 0.0885. The molecule has 3 heterocycles. The molecule has 2 aromatic rings. The van der Waals surface area contributed by atoms with E-state index in [1.54, 1.807) is 6.07 Å². The van der Waals surface area contributed by atoms with E-state index in [1.807, 2.05) is 13.0 Å². The first kappa shape index (κ1) is 20.8. The van der Waals surface area contributed by atoms with Gasteiger partial charge < -0.3 is 14.4 Å². The molecule has 0 N–H and O–H groups in total. The first-order valence-electron chi connectivity index (χ1n) is 9.17. The molecule has 1 saturated heterocycles. The average Bonchev–Trinajstić information content (AvgIpc) is 2.60.